The van der Waals surface area contributed by atoms with Gasteiger partial charge in [-0.05, 0) is 110 Å². The number of hydrogen-bond acceptors (Lipinski definition) is 9. The van der Waals surface area contributed by atoms with Crippen LogP contribution in [0.15, 0.2) is 11.6 Å². The molecule has 0 unspecified atom stereocenters. The quantitative estimate of drug-likeness (QED) is 0.203. The summed E-state index contributed by atoms with van der Waals surface area (Å²) in [5, 5.41) is 50.6. The summed E-state index contributed by atoms with van der Waals surface area (Å²) in [6, 6.07) is 0. The Labute approximate surface area is 299 Å². The molecule has 1 aliphatic heterocycles. The number of aliphatic carboxylic acids is 2. The minimum absolute atomic E-state index is 0.0284. The molecule has 0 amide bonds. The number of ether oxygens (including phenoxy) is 1. The average molecular weight is 723 g/mol. The van der Waals surface area contributed by atoms with Gasteiger partial charge in [0.15, 0.2) is 11.9 Å². The number of fused-ring (bicyclic) bond motifs is 7. The molecule has 276 valence electrons. The molecule has 5 N–H and O–H groups in total. The van der Waals surface area contributed by atoms with Crippen LogP contribution in [0.2, 0.25) is 0 Å². The largest absolute Gasteiger partial charge is 0.481 e. The first-order chi connectivity index (χ1) is 22.7. The maximum absolute atomic E-state index is 14.7. The second kappa shape index (κ2) is 12.5. The van der Waals surface area contributed by atoms with Crippen LogP contribution in [0.4, 0.5) is 0 Å². The number of carbonyl (C=O) groups excluding carboxylic acids is 1. The van der Waals surface area contributed by atoms with Gasteiger partial charge in [-0.25, -0.2) is 4.79 Å². The highest BCUT2D eigenvalue weighted by Gasteiger charge is 2.70. The molecule has 11 heteroatoms. The number of carbonyl (C=O) groups is 3. The number of hydrogen-bond donors (Lipinski definition) is 5. The van der Waals surface area contributed by atoms with Crippen LogP contribution in [0.25, 0.3) is 0 Å². The summed E-state index contributed by atoms with van der Waals surface area (Å²) >= 11 is 3.15. The van der Waals surface area contributed by atoms with Crippen LogP contribution in [0.1, 0.15) is 106 Å². The first-order valence-electron chi connectivity index (χ1n) is 18.3. The molecule has 0 aromatic rings. The third-order valence-electron chi connectivity index (χ3n) is 15.5. The van der Waals surface area contributed by atoms with Crippen molar-refractivity contribution in [3.8, 4) is 0 Å². The predicted octanol–water partition coefficient (Wildman–Crippen LogP) is 5.78. The second-order valence-corrected chi connectivity index (χ2v) is 20.9. The van der Waals surface area contributed by atoms with Crippen LogP contribution in [0.3, 0.4) is 0 Å². The predicted molar refractivity (Wildman–Crippen MR) is 190 cm³/mol. The van der Waals surface area contributed by atoms with Crippen molar-refractivity contribution in [2.75, 3.05) is 11.5 Å². The highest BCUT2D eigenvalue weighted by Crippen LogP contribution is 2.75. The lowest BCUT2D eigenvalue weighted by molar-refractivity contribution is -0.209. The van der Waals surface area contributed by atoms with E-state index in [1.807, 2.05) is 24.8 Å². The van der Waals surface area contributed by atoms with E-state index in [-0.39, 0.29) is 44.7 Å². The summed E-state index contributed by atoms with van der Waals surface area (Å²) in [5.74, 6) is -0.113. The SMILES string of the molecule is CC1(C)[C@@H](SCCS[C@@H]2O[C@H](C(=O)O)[C@@H](O)[C@H](O)[C@H]2O)CC[C@]2(C)[C@H]3C(=O)C=C4[C@@H]5C[C@@](C)(C(=O)O)CC[C@]5(C)CC[C@@]4(C)[C@]3(C)CC[C@@H]12. The molecule has 6 aliphatic rings. The summed E-state index contributed by atoms with van der Waals surface area (Å²) < 4.78 is 5.46. The van der Waals surface area contributed by atoms with Gasteiger partial charge in [0, 0.05) is 22.7 Å². The van der Waals surface area contributed by atoms with Crippen LogP contribution in [0, 0.1) is 50.2 Å². The Kier molecular flexibility index (Phi) is 9.60. The molecule has 5 aliphatic carbocycles. The molecular formula is C38H58O9S2. The maximum Gasteiger partial charge on any atom is 0.335 e. The van der Waals surface area contributed by atoms with Gasteiger partial charge in [0.2, 0.25) is 0 Å². The minimum atomic E-state index is -1.69. The van der Waals surface area contributed by atoms with Crippen LogP contribution in [0.5, 0.6) is 0 Å². The molecule has 14 atom stereocenters. The van der Waals surface area contributed by atoms with Crippen LogP contribution >= 0.6 is 23.5 Å². The topological polar surface area (TPSA) is 162 Å². The van der Waals surface area contributed by atoms with E-state index in [0.717, 1.165) is 50.7 Å². The number of aliphatic hydroxyl groups excluding tert-OH is 3. The third-order valence-corrected chi connectivity index (χ3v) is 18.6. The van der Waals surface area contributed by atoms with E-state index in [9.17, 15) is 39.9 Å². The fourth-order valence-corrected chi connectivity index (χ4v) is 14.9. The third kappa shape index (κ3) is 5.60. The molecule has 0 radical (unpaired) electrons. The molecule has 0 bridgehead atoms. The Morgan fingerprint density at radius 3 is 2.14 bits per heavy atom. The van der Waals surface area contributed by atoms with E-state index >= 15 is 0 Å². The van der Waals surface area contributed by atoms with Gasteiger partial charge in [0.05, 0.1) is 5.41 Å². The van der Waals surface area contributed by atoms with Crippen molar-refractivity contribution in [3.63, 3.8) is 0 Å². The molecule has 6 rings (SSSR count). The lowest BCUT2D eigenvalue weighted by atomic mass is 9.33. The van der Waals surface area contributed by atoms with Crippen molar-refractivity contribution in [1.82, 2.24) is 0 Å². The molecule has 0 aromatic carbocycles. The molecular weight excluding hydrogens is 665 g/mol. The van der Waals surface area contributed by atoms with Gasteiger partial charge in [-0.2, -0.15) is 11.8 Å². The fourth-order valence-electron chi connectivity index (χ4n) is 12.2. The summed E-state index contributed by atoms with van der Waals surface area (Å²) in [7, 11) is 0. The zero-order chi connectivity index (χ0) is 36.1. The minimum Gasteiger partial charge on any atom is -0.481 e. The number of allylic oxidation sites excluding steroid dienone is 2. The fraction of sp³-hybridized carbons (Fsp3) is 0.868. The summed E-state index contributed by atoms with van der Waals surface area (Å²) in [5.41, 5.74) is -0.984. The second-order valence-electron chi connectivity index (χ2n) is 18.4. The number of carboxylic acids is 2. The smallest absolute Gasteiger partial charge is 0.335 e. The zero-order valence-corrected chi connectivity index (χ0v) is 31.9. The van der Waals surface area contributed by atoms with Gasteiger partial charge < -0.3 is 30.3 Å². The summed E-state index contributed by atoms with van der Waals surface area (Å²) in [6.07, 6.45) is 4.03. The number of ketones is 1. The molecule has 49 heavy (non-hydrogen) atoms. The van der Waals surface area contributed by atoms with Gasteiger partial charge in [-0.15, -0.1) is 11.8 Å². The highest BCUT2D eigenvalue weighted by atomic mass is 32.2. The van der Waals surface area contributed by atoms with Crippen LogP contribution < -0.4 is 0 Å². The van der Waals surface area contributed by atoms with Gasteiger partial charge in [-0.1, -0.05) is 47.1 Å². The van der Waals surface area contributed by atoms with E-state index in [0.29, 0.717) is 29.8 Å². The molecule has 0 spiro atoms. The number of rotatable bonds is 7. The first-order valence-corrected chi connectivity index (χ1v) is 20.4. The van der Waals surface area contributed by atoms with Crippen molar-refractivity contribution in [1.29, 1.82) is 0 Å². The molecule has 5 fully saturated rings. The lowest BCUT2D eigenvalue weighted by Gasteiger charge is -2.70. The van der Waals surface area contributed by atoms with E-state index in [1.54, 1.807) is 0 Å². The van der Waals surface area contributed by atoms with Gasteiger partial charge in [-0.3, -0.25) is 9.59 Å². The first kappa shape index (κ1) is 37.6. The Morgan fingerprint density at radius 2 is 1.49 bits per heavy atom. The van der Waals surface area contributed by atoms with Crippen molar-refractivity contribution >= 4 is 41.2 Å². The summed E-state index contributed by atoms with van der Waals surface area (Å²) in [6.45, 7) is 16.1. The van der Waals surface area contributed by atoms with E-state index < -0.39 is 47.2 Å². The van der Waals surface area contributed by atoms with Crippen LogP contribution in [-0.4, -0.2) is 89.9 Å². The molecule has 1 heterocycles. The Bertz CT molecular complexity index is 1400. The molecule has 9 nitrogen and oxygen atoms in total. The average Bonchev–Trinajstić information content (AvgIpc) is 3.01. The monoisotopic (exact) mass is 722 g/mol. The van der Waals surface area contributed by atoms with E-state index in [1.165, 1.54) is 17.3 Å². The van der Waals surface area contributed by atoms with Gasteiger partial charge >= 0.3 is 11.9 Å². The van der Waals surface area contributed by atoms with Crippen molar-refractivity contribution < 1.29 is 44.7 Å². The van der Waals surface area contributed by atoms with Crippen molar-refractivity contribution in [3.05, 3.63) is 11.6 Å². The Morgan fingerprint density at radius 1 is 0.837 bits per heavy atom. The standard InChI is InChI=1S/C38H58O9S2/c1-33(2)23-8-11-38(7)29(22(39)18-20-21-19-35(4,32(45)46)13-12-34(21,3)14-15-37(20,38)6)36(23,5)10-9-24(33)48-16-17-49-31-27(42)25(40)26(41)28(47-31)30(43)44/h18,21,23-29,31,40-42H,8-17,19H2,1-7H3,(H,43,44)(H,45,46)/t21-,23-,24-,25-,26-,27+,28-,29+,31-,34+,35-,36-,37+,38+/m0/s1. The van der Waals surface area contributed by atoms with E-state index in [4.69, 9.17) is 4.74 Å². The number of thioether (sulfide) groups is 2. The Hall–Kier alpha value is -1.11. The van der Waals surface area contributed by atoms with E-state index in [2.05, 4.69) is 41.5 Å². The van der Waals surface area contributed by atoms with Gasteiger partial charge in [0.25, 0.3) is 0 Å². The zero-order valence-electron chi connectivity index (χ0n) is 30.2. The summed E-state index contributed by atoms with van der Waals surface area (Å²) in [4.78, 5) is 38.6. The molecule has 1 saturated heterocycles. The normalized spacial score (nSPS) is 50.6. The Balaban J connectivity index is 1.18. The van der Waals surface area contributed by atoms with Gasteiger partial charge in [0.1, 0.15) is 23.7 Å². The number of aliphatic hydroxyl groups is 3. The maximum atomic E-state index is 14.7. The molecule has 4 saturated carbocycles. The molecule has 0 aromatic heterocycles. The highest BCUT2D eigenvalue weighted by molar-refractivity contribution is 8.03. The van der Waals surface area contributed by atoms with Crippen LogP contribution in [-0.2, 0) is 19.1 Å². The van der Waals surface area contributed by atoms with Crippen molar-refractivity contribution in [2.24, 2.45) is 50.2 Å². The lowest BCUT2D eigenvalue weighted by Crippen LogP contribution is -2.66. The van der Waals surface area contributed by atoms with Crippen molar-refractivity contribution in [2.45, 2.75) is 141 Å². The number of carboxylic acid groups (broad SMARTS) is 2.